The number of terminal acetylenes is 1. The van der Waals surface area contributed by atoms with Gasteiger partial charge in [-0.15, -0.1) is 6.42 Å². The Hall–Kier alpha value is -3.50. The molecular formula is C20H15NO3. The molecule has 0 fully saturated rings. The Balaban J connectivity index is 2.31. The third-order valence-electron chi connectivity index (χ3n) is 3.20. The van der Waals surface area contributed by atoms with Gasteiger partial charge in [0, 0.05) is 22.3 Å². The highest BCUT2D eigenvalue weighted by Gasteiger charge is 2.15. The third kappa shape index (κ3) is 4.50. The Morgan fingerprint density at radius 3 is 2.29 bits per heavy atom. The second-order valence-electron chi connectivity index (χ2n) is 5.09. The van der Waals surface area contributed by atoms with Crippen LogP contribution in [0.25, 0.3) is 0 Å². The number of aliphatic carboxylic acids is 1. The van der Waals surface area contributed by atoms with Gasteiger partial charge in [-0.2, -0.15) is 0 Å². The molecule has 24 heavy (non-hydrogen) atoms. The van der Waals surface area contributed by atoms with Crippen LogP contribution in [0.3, 0.4) is 0 Å². The van der Waals surface area contributed by atoms with E-state index in [2.05, 4.69) is 23.1 Å². The van der Waals surface area contributed by atoms with E-state index in [0.717, 1.165) is 5.56 Å². The monoisotopic (exact) mass is 317 g/mol. The maximum Gasteiger partial charge on any atom is 0.325 e. The molecule has 0 bridgehead atoms. The standard InChI is InChI=1S/C20H15NO3/c1-3-15-11-17(10-9-16-7-5-4-6-8-16)13-18(12-15)19(22)21-14(2)20(23)24/h1,4-8,11-14H,2H3,(H,21,22)(H,23,24)/t14-/m0/s1. The molecule has 118 valence electrons. The normalized spacial score (nSPS) is 10.7. The number of nitrogens with one attached hydrogen (secondary N) is 1. The van der Waals surface area contributed by atoms with Crippen molar-refractivity contribution >= 4 is 11.9 Å². The second-order valence-corrected chi connectivity index (χ2v) is 5.09. The molecule has 0 heterocycles. The summed E-state index contributed by atoms with van der Waals surface area (Å²) in [6, 6.07) is 13.2. The SMILES string of the molecule is C#Cc1cc(C#Cc2ccccc2)cc(C(=O)N[C@@H](C)C(=O)O)c1. The first kappa shape index (κ1) is 16.9. The molecule has 0 aromatic heterocycles. The number of carboxylic acid groups (broad SMARTS) is 1. The third-order valence-corrected chi connectivity index (χ3v) is 3.20. The molecule has 0 saturated carbocycles. The molecule has 2 aromatic carbocycles. The van der Waals surface area contributed by atoms with Crippen LogP contribution in [0, 0.1) is 24.2 Å². The van der Waals surface area contributed by atoms with Crippen LogP contribution in [0.2, 0.25) is 0 Å². The van der Waals surface area contributed by atoms with E-state index in [1.807, 2.05) is 30.3 Å². The summed E-state index contributed by atoms with van der Waals surface area (Å²) in [5, 5.41) is 11.3. The summed E-state index contributed by atoms with van der Waals surface area (Å²) >= 11 is 0. The van der Waals surface area contributed by atoms with Gasteiger partial charge in [0.1, 0.15) is 6.04 Å². The number of carboxylic acids is 1. The molecule has 4 heteroatoms. The number of hydrogen-bond acceptors (Lipinski definition) is 2. The van der Waals surface area contributed by atoms with E-state index in [1.165, 1.54) is 13.0 Å². The van der Waals surface area contributed by atoms with Crippen molar-refractivity contribution in [3.63, 3.8) is 0 Å². The minimum Gasteiger partial charge on any atom is -0.480 e. The van der Waals surface area contributed by atoms with Crippen molar-refractivity contribution in [2.75, 3.05) is 0 Å². The highest BCUT2D eigenvalue weighted by molar-refractivity contribution is 5.97. The number of carbonyl (C=O) groups is 2. The second kappa shape index (κ2) is 7.67. The molecule has 0 radical (unpaired) electrons. The van der Waals surface area contributed by atoms with Crippen LogP contribution in [-0.4, -0.2) is 23.0 Å². The van der Waals surface area contributed by atoms with Crippen molar-refractivity contribution in [3.8, 4) is 24.2 Å². The Bertz CT molecular complexity index is 867. The zero-order chi connectivity index (χ0) is 17.5. The van der Waals surface area contributed by atoms with Gasteiger partial charge in [-0.1, -0.05) is 36.0 Å². The predicted molar refractivity (Wildman–Crippen MR) is 91.4 cm³/mol. The Labute approximate surface area is 140 Å². The Kier molecular flexibility index (Phi) is 5.39. The van der Waals surface area contributed by atoms with Gasteiger partial charge in [0.25, 0.3) is 5.91 Å². The van der Waals surface area contributed by atoms with E-state index in [0.29, 0.717) is 11.1 Å². The van der Waals surface area contributed by atoms with Crippen LogP contribution in [0.1, 0.15) is 34.0 Å². The molecule has 0 unspecified atom stereocenters. The number of benzene rings is 2. The van der Waals surface area contributed by atoms with E-state index in [4.69, 9.17) is 11.5 Å². The first-order valence-electron chi connectivity index (χ1n) is 7.22. The minimum absolute atomic E-state index is 0.274. The summed E-state index contributed by atoms with van der Waals surface area (Å²) in [7, 11) is 0. The predicted octanol–water partition coefficient (Wildman–Crippen LogP) is 2.27. The van der Waals surface area contributed by atoms with Gasteiger partial charge in [0.15, 0.2) is 0 Å². The fraction of sp³-hybridized carbons (Fsp3) is 0.100. The van der Waals surface area contributed by atoms with E-state index in [1.54, 1.807) is 12.1 Å². The highest BCUT2D eigenvalue weighted by atomic mass is 16.4. The van der Waals surface area contributed by atoms with Crippen LogP contribution >= 0.6 is 0 Å². The zero-order valence-corrected chi connectivity index (χ0v) is 13.0. The van der Waals surface area contributed by atoms with E-state index < -0.39 is 17.9 Å². The molecule has 2 rings (SSSR count). The first-order valence-corrected chi connectivity index (χ1v) is 7.22. The summed E-state index contributed by atoms with van der Waals surface area (Å²) in [4.78, 5) is 23.0. The zero-order valence-electron chi connectivity index (χ0n) is 13.0. The molecular weight excluding hydrogens is 302 g/mol. The van der Waals surface area contributed by atoms with Crippen molar-refractivity contribution in [2.45, 2.75) is 13.0 Å². The van der Waals surface area contributed by atoms with E-state index in [9.17, 15) is 9.59 Å². The highest BCUT2D eigenvalue weighted by Crippen LogP contribution is 2.10. The lowest BCUT2D eigenvalue weighted by molar-refractivity contribution is -0.138. The molecule has 0 aliphatic carbocycles. The minimum atomic E-state index is -1.11. The van der Waals surface area contributed by atoms with Gasteiger partial charge in [0.05, 0.1) is 0 Å². The van der Waals surface area contributed by atoms with Crippen molar-refractivity contribution in [2.24, 2.45) is 0 Å². The molecule has 2 N–H and O–H groups in total. The van der Waals surface area contributed by atoms with Crippen LogP contribution in [-0.2, 0) is 4.79 Å². The van der Waals surface area contributed by atoms with Gasteiger partial charge >= 0.3 is 5.97 Å². The van der Waals surface area contributed by atoms with Crippen LogP contribution in [0.15, 0.2) is 48.5 Å². The fourth-order valence-electron chi connectivity index (χ4n) is 1.92. The molecule has 0 spiro atoms. The molecule has 0 aliphatic rings. The summed E-state index contributed by atoms with van der Waals surface area (Å²) in [6.45, 7) is 1.39. The average Bonchev–Trinajstić information content (AvgIpc) is 2.60. The van der Waals surface area contributed by atoms with Gasteiger partial charge in [-0.3, -0.25) is 9.59 Å². The maximum atomic E-state index is 12.2. The number of amides is 1. The Morgan fingerprint density at radius 1 is 1.04 bits per heavy atom. The van der Waals surface area contributed by atoms with Crippen molar-refractivity contribution < 1.29 is 14.7 Å². The topological polar surface area (TPSA) is 66.4 Å². The quantitative estimate of drug-likeness (QED) is 0.854. The van der Waals surface area contributed by atoms with Crippen LogP contribution in [0.4, 0.5) is 0 Å². The average molecular weight is 317 g/mol. The lowest BCUT2D eigenvalue weighted by atomic mass is 10.0. The van der Waals surface area contributed by atoms with Gasteiger partial charge in [-0.25, -0.2) is 0 Å². The molecule has 2 aromatic rings. The number of rotatable bonds is 3. The maximum absolute atomic E-state index is 12.2. The van der Waals surface area contributed by atoms with Gasteiger partial charge < -0.3 is 10.4 Å². The molecule has 1 amide bonds. The lowest BCUT2D eigenvalue weighted by Gasteiger charge is -2.09. The van der Waals surface area contributed by atoms with Crippen molar-refractivity contribution in [1.82, 2.24) is 5.32 Å². The van der Waals surface area contributed by atoms with Crippen molar-refractivity contribution in [3.05, 3.63) is 70.8 Å². The molecule has 4 nitrogen and oxygen atoms in total. The van der Waals surface area contributed by atoms with E-state index in [-0.39, 0.29) is 5.56 Å². The Morgan fingerprint density at radius 2 is 1.67 bits per heavy atom. The molecule has 0 aliphatic heterocycles. The lowest BCUT2D eigenvalue weighted by Crippen LogP contribution is -2.38. The molecule has 0 saturated heterocycles. The largest absolute Gasteiger partial charge is 0.480 e. The van der Waals surface area contributed by atoms with E-state index >= 15 is 0 Å². The summed E-state index contributed by atoms with van der Waals surface area (Å²) < 4.78 is 0. The summed E-state index contributed by atoms with van der Waals surface area (Å²) in [5.41, 5.74) is 2.20. The van der Waals surface area contributed by atoms with Crippen LogP contribution in [0.5, 0.6) is 0 Å². The number of carbonyl (C=O) groups excluding carboxylic acids is 1. The first-order chi connectivity index (χ1) is 11.5. The number of hydrogen-bond donors (Lipinski definition) is 2. The van der Waals surface area contributed by atoms with Gasteiger partial charge in [0.2, 0.25) is 0 Å². The summed E-state index contributed by atoms with van der Waals surface area (Å²) in [5.74, 6) is 6.81. The molecule has 1 atom stereocenters. The van der Waals surface area contributed by atoms with Crippen molar-refractivity contribution in [1.29, 1.82) is 0 Å². The fourth-order valence-corrected chi connectivity index (χ4v) is 1.92. The summed E-state index contributed by atoms with van der Waals surface area (Å²) in [6.07, 6.45) is 5.42. The smallest absolute Gasteiger partial charge is 0.325 e. The van der Waals surface area contributed by atoms with Gasteiger partial charge in [-0.05, 0) is 37.3 Å². The van der Waals surface area contributed by atoms with Crippen LogP contribution < -0.4 is 5.32 Å².